The first-order valence-electron chi connectivity index (χ1n) is 5.51. The van der Waals surface area contributed by atoms with Crippen molar-refractivity contribution in [1.82, 2.24) is 5.43 Å². The number of nitrogens with two attached hydrogens (primary N) is 1. The highest BCUT2D eigenvalue weighted by Gasteiger charge is 2.08. The molecule has 0 aliphatic rings. The van der Waals surface area contributed by atoms with Crippen LogP contribution in [0.25, 0.3) is 0 Å². The zero-order valence-corrected chi connectivity index (χ0v) is 10.6. The molecule has 17 heavy (non-hydrogen) atoms. The van der Waals surface area contributed by atoms with Crippen LogP contribution >= 0.6 is 0 Å². The summed E-state index contributed by atoms with van der Waals surface area (Å²) in [6, 6.07) is 9.95. The average Bonchev–Trinajstić information content (AvgIpc) is 2.36. The van der Waals surface area contributed by atoms with E-state index >= 15 is 0 Å². The minimum atomic E-state index is 0.0530. The molecule has 1 atom stereocenters. The molecule has 94 valence electrons. The van der Waals surface area contributed by atoms with E-state index in [2.05, 4.69) is 10.4 Å². The van der Waals surface area contributed by atoms with Crippen LogP contribution in [-0.2, 0) is 4.74 Å². The van der Waals surface area contributed by atoms with Crippen molar-refractivity contribution < 1.29 is 4.74 Å². The summed E-state index contributed by atoms with van der Waals surface area (Å²) in [5, 5.41) is 0. The summed E-state index contributed by atoms with van der Waals surface area (Å²) in [4.78, 5) is 6.34. The number of benzene rings is 1. The lowest BCUT2D eigenvalue weighted by Crippen LogP contribution is -2.43. The molecule has 0 heterocycles. The molecule has 0 spiro atoms. The Bertz CT molecular complexity index is 353. The van der Waals surface area contributed by atoms with E-state index in [1.54, 1.807) is 7.11 Å². The molecule has 0 saturated carbocycles. The Hall–Kier alpha value is -1.59. The number of hydrogen-bond donors (Lipinski definition) is 2. The molecular weight excluding hydrogens is 216 g/mol. The summed E-state index contributed by atoms with van der Waals surface area (Å²) >= 11 is 0. The van der Waals surface area contributed by atoms with Crippen molar-refractivity contribution in [2.75, 3.05) is 25.7 Å². The maximum absolute atomic E-state index is 5.49. The predicted molar refractivity (Wildman–Crippen MR) is 70.9 cm³/mol. The Morgan fingerprint density at radius 2 is 2.12 bits per heavy atom. The minimum absolute atomic E-state index is 0.0530. The SMILES string of the molecule is COCC(C)N=C(NN)N(C)c1ccccc1. The van der Waals surface area contributed by atoms with E-state index < -0.39 is 0 Å². The predicted octanol–water partition coefficient (Wildman–Crippen LogP) is 0.977. The number of para-hydroxylation sites is 1. The number of guanidine groups is 1. The maximum atomic E-state index is 5.49. The zero-order chi connectivity index (χ0) is 12.7. The van der Waals surface area contributed by atoms with Crippen molar-refractivity contribution in [3.05, 3.63) is 30.3 Å². The molecule has 5 heteroatoms. The Balaban J connectivity index is 2.80. The van der Waals surface area contributed by atoms with Gasteiger partial charge in [-0.05, 0) is 19.1 Å². The van der Waals surface area contributed by atoms with E-state index in [1.807, 2.05) is 49.2 Å². The second-order valence-electron chi connectivity index (χ2n) is 3.80. The van der Waals surface area contributed by atoms with Crippen LogP contribution in [0.5, 0.6) is 0 Å². The third-order valence-corrected chi connectivity index (χ3v) is 2.34. The summed E-state index contributed by atoms with van der Waals surface area (Å²) in [5.74, 6) is 6.10. The molecule has 3 N–H and O–H groups in total. The van der Waals surface area contributed by atoms with Gasteiger partial charge in [0.1, 0.15) is 0 Å². The number of rotatable bonds is 4. The van der Waals surface area contributed by atoms with Crippen LogP contribution in [0, 0.1) is 0 Å². The topological polar surface area (TPSA) is 62.9 Å². The van der Waals surface area contributed by atoms with Crippen molar-refractivity contribution in [3.63, 3.8) is 0 Å². The molecule has 5 nitrogen and oxygen atoms in total. The van der Waals surface area contributed by atoms with E-state index in [1.165, 1.54) is 0 Å². The van der Waals surface area contributed by atoms with Crippen LogP contribution in [0.15, 0.2) is 35.3 Å². The van der Waals surface area contributed by atoms with Crippen molar-refractivity contribution in [2.24, 2.45) is 10.8 Å². The molecule has 1 unspecified atom stereocenters. The van der Waals surface area contributed by atoms with Gasteiger partial charge in [-0.3, -0.25) is 5.43 Å². The van der Waals surface area contributed by atoms with Crippen LogP contribution in [0.4, 0.5) is 5.69 Å². The van der Waals surface area contributed by atoms with Gasteiger partial charge in [0, 0.05) is 19.8 Å². The van der Waals surface area contributed by atoms with E-state index in [0.717, 1.165) is 5.69 Å². The number of hydrogen-bond acceptors (Lipinski definition) is 3. The summed E-state index contributed by atoms with van der Waals surface area (Å²) < 4.78 is 5.04. The van der Waals surface area contributed by atoms with E-state index in [9.17, 15) is 0 Å². The van der Waals surface area contributed by atoms with Crippen LogP contribution < -0.4 is 16.2 Å². The number of anilines is 1. The van der Waals surface area contributed by atoms with Crippen molar-refractivity contribution in [3.8, 4) is 0 Å². The summed E-state index contributed by atoms with van der Waals surface area (Å²) in [5.41, 5.74) is 3.63. The fraction of sp³-hybridized carbons (Fsp3) is 0.417. The number of aliphatic imine (C=N–C) groups is 1. The minimum Gasteiger partial charge on any atom is -0.382 e. The van der Waals surface area contributed by atoms with Gasteiger partial charge in [-0.2, -0.15) is 0 Å². The van der Waals surface area contributed by atoms with Gasteiger partial charge in [0.15, 0.2) is 0 Å². The van der Waals surface area contributed by atoms with Gasteiger partial charge in [-0.25, -0.2) is 10.8 Å². The van der Waals surface area contributed by atoms with Gasteiger partial charge in [0.2, 0.25) is 5.96 Å². The number of methoxy groups -OCH3 is 1. The monoisotopic (exact) mass is 236 g/mol. The summed E-state index contributed by atoms with van der Waals surface area (Å²) in [6.45, 7) is 2.54. The Labute approximate surface area is 102 Å². The van der Waals surface area contributed by atoms with Gasteiger partial charge in [-0.15, -0.1) is 0 Å². The Morgan fingerprint density at radius 1 is 1.47 bits per heavy atom. The van der Waals surface area contributed by atoms with Crippen LogP contribution in [0.1, 0.15) is 6.92 Å². The van der Waals surface area contributed by atoms with Gasteiger partial charge in [0.05, 0.1) is 12.6 Å². The largest absolute Gasteiger partial charge is 0.382 e. The van der Waals surface area contributed by atoms with E-state index in [4.69, 9.17) is 10.6 Å². The van der Waals surface area contributed by atoms with Crippen LogP contribution in [0.3, 0.4) is 0 Å². The molecule has 0 aliphatic heterocycles. The summed E-state index contributed by atoms with van der Waals surface area (Å²) in [7, 11) is 3.57. The second-order valence-corrected chi connectivity index (χ2v) is 3.80. The molecule has 0 fully saturated rings. The first-order valence-corrected chi connectivity index (χ1v) is 5.51. The Kier molecular flexibility index (Phi) is 5.45. The number of ether oxygens (including phenoxy) is 1. The highest BCUT2D eigenvalue weighted by atomic mass is 16.5. The fourth-order valence-corrected chi connectivity index (χ4v) is 1.48. The molecule has 0 amide bonds. The fourth-order valence-electron chi connectivity index (χ4n) is 1.48. The standard InChI is InChI=1S/C12H20N4O/c1-10(9-17-3)14-12(15-13)16(2)11-7-5-4-6-8-11/h4-8,10H,9,13H2,1-3H3,(H,14,15). The van der Waals surface area contributed by atoms with Gasteiger partial charge in [-0.1, -0.05) is 18.2 Å². The molecule has 0 bridgehead atoms. The molecular formula is C12H20N4O. The summed E-state index contributed by atoms with van der Waals surface area (Å²) in [6.07, 6.45) is 0. The zero-order valence-electron chi connectivity index (χ0n) is 10.6. The molecule has 0 saturated heterocycles. The van der Waals surface area contributed by atoms with Crippen molar-refractivity contribution in [2.45, 2.75) is 13.0 Å². The van der Waals surface area contributed by atoms with E-state index in [0.29, 0.717) is 12.6 Å². The first kappa shape index (κ1) is 13.5. The number of nitrogens with one attached hydrogen (secondary N) is 1. The average molecular weight is 236 g/mol. The molecule has 1 aromatic rings. The lowest BCUT2D eigenvalue weighted by Gasteiger charge is -2.21. The maximum Gasteiger partial charge on any atom is 0.213 e. The normalized spacial score (nSPS) is 13.3. The van der Waals surface area contributed by atoms with Gasteiger partial charge < -0.3 is 9.64 Å². The lowest BCUT2D eigenvalue weighted by atomic mass is 10.3. The number of hydrazine groups is 1. The highest BCUT2D eigenvalue weighted by Crippen LogP contribution is 2.11. The highest BCUT2D eigenvalue weighted by molar-refractivity contribution is 5.95. The number of nitrogens with zero attached hydrogens (tertiary/aromatic N) is 2. The quantitative estimate of drug-likeness (QED) is 0.354. The van der Waals surface area contributed by atoms with Crippen LogP contribution in [-0.4, -0.2) is 32.8 Å². The smallest absolute Gasteiger partial charge is 0.213 e. The van der Waals surface area contributed by atoms with Gasteiger partial charge in [0.25, 0.3) is 0 Å². The van der Waals surface area contributed by atoms with Gasteiger partial charge >= 0.3 is 0 Å². The van der Waals surface area contributed by atoms with E-state index in [-0.39, 0.29) is 6.04 Å². The molecule has 0 radical (unpaired) electrons. The third-order valence-electron chi connectivity index (χ3n) is 2.34. The molecule has 1 rings (SSSR count). The van der Waals surface area contributed by atoms with Crippen LogP contribution in [0.2, 0.25) is 0 Å². The molecule has 0 aromatic heterocycles. The second kappa shape index (κ2) is 6.88. The first-order chi connectivity index (χ1) is 8.19. The molecule has 0 aliphatic carbocycles. The lowest BCUT2D eigenvalue weighted by molar-refractivity contribution is 0.185. The van der Waals surface area contributed by atoms with Crippen molar-refractivity contribution >= 4 is 11.6 Å². The third kappa shape index (κ3) is 4.05. The Morgan fingerprint density at radius 3 is 2.65 bits per heavy atom. The molecule has 1 aromatic carbocycles. The van der Waals surface area contributed by atoms with Crippen molar-refractivity contribution in [1.29, 1.82) is 0 Å².